The van der Waals surface area contributed by atoms with Gasteiger partial charge in [-0.3, -0.25) is 4.79 Å². The highest BCUT2D eigenvalue weighted by Gasteiger charge is 2.10. The third kappa shape index (κ3) is 4.04. The summed E-state index contributed by atoms with van der Waals surface area (Å²) in [5, 5.41) is 3.96. The number of hydrogen-bond donors (Lipinski definition) is 1. The number of rotatable bonds is 5. The van der Waals surface area contributed by atoms with Crippen LogP contribution in [-0.4, -0.2) is 15.9 Å². The van der Waals surface area contributed by atoms with Crippen molar-refractivity contribution in [1.29, 1.82) is 0 Å². The van der Waals surface area contributed by atoms with E-state index in [-0.39, 0.29) is 5.91 Å². The van der Waals surface area contributed by atoms with Crippen LogP contribution in [0.4, 0.5) is 5.69 Å². The lowest BCUT2D eigenvalue weighted by Gasteiger charge is -2.09. The SMILES string of the molecule is Cc1cc(-c2nc3cccnc3s2)ccc1NC(=O)CCc1ccccc1. The van der Waals surface area contributed by atoms with Crippen molar-refractivity contribution < 1.29 is 4.79 Å². The van der Waals surface area contributed by atoms with Gasteiger partial charge in [0.1, 0.15) is 15.4 Å². The van der Waals surface area contributed by atoms with Crippen molar-refractivity contribution in [1.82, 2.24) is 9.97 Å². The second-order valence-corrected chi connectivity index (χ2v) is 7.39. The lowest BCUT2D eigenvalue weighted by Crippen LogP contribution is -2.13. The molecule has 0 saturated heterocycles. The smallest absolute Gasteiger partial charge is 0.224 e. The van der Waals surface area contributed by atoms with E-state index in [1.54, 1.807) is 17.5 Å². The number of nitrogens with zero attached hydrogens (tertiary/aromatic N) is 2. The third-order valence-electron chi connectivity index (χ3n) is 4.40. The summed E-state index contributed by atoms with van der Waals surface area (Å²) < 4.78 is 0. The molecule has 0 aliphatic rings. The van der Waals surface area contributed by atoms with Crippen LogP contribution >= 0.6 is 11.3 Å². The third-order valence-corrected chi connectivity index (χ3v) is 5.43. The van der Waals surface area contributed by atoms with Crippen LogP contribution < -0.4 is 5.32 Å². The first-order valence-corrected chi connectivity index (χ1v) is 9.67. The van der Waals surface area contributed by atoms with Crippen molar-refractivity contribution in [2.45, 2.75) is 19.8 Å². The summed E-state index contributed by atoms with van der Waals surface area (Å²) in [5.74, 6) is 0.0268. The summed E-state index contributed by atoms with van der Waals surface area (Å²) in [5.41, 5.74) is 4.99. The Kier molecular flexibility index (Phi) is 4.94. The van der Waals surface area contributed by atoms with E-state index in [9.17, 15) is 4.79 Å². The molecule has 0 aliphatic heterocycles. The molecule has 1 amide bonds. The molecule has 0 spiro atoms. The van der Waals surface area contributed by atoms with Crippen LogP contribution in [-0.2, 0) is 11.2 Å². The number of carbonyl (C=O) groups is 1. The number of aromatic nitrogens is 2. The summed E-state index contributed by atoms with van der Waals surface area (Å²) in [6.45, 7) is 2.00. The first kappa shape index (κ1) is 17.4. The second kappa shape index (κ2) is 7.68. The minimum atomic E-state index is 0.0268. The zero-order valence-corrected chi connectivity index (χ0v) is 15.8. The molecule has 1 N–H and O–H groups in total. The van der Waals surface area contributed by atoms with Crippen molar-refractivity contribution in [3.63, 3.8) is 0 Å². The molecule has 0 atom stereocenters. The minimum absolute atomic E-state index is 0.0268. The quantitative estimate of drug-likeness (QED) is 0.521. The Morgan fingerprint density at radius 2 is 1.93 bits per heavy atom. The molecule has 134 valence electrons. The van der Waals surface area contributed by atoms with Gasteiger partial charge in [-0.05, 0) is 54.8 Å². The van der Waals surface area contributed by atoms with Crippen molar-refractivity contribution in [3.8, 4) is 10.6 Å². The molecule has 0 radical (unpaired) electrons. The standard InChI is InChI=1S/C22H19N3OS/c1-15-14-17(21-25-19-8-5-13-23-22(19)27-21)10-11-18(15)24-20(26)12-9-16-6-3-2-4-7-16/h2-8,10-11,13-14H,9,12H2,1H3,(H,24,26). The van der Waals surface area contributed by atoms with Gasteiger partial charge < -0.3 is 5.32 Å². The number of hydrogen-bond acceptors (Lipinski definition) is 4. The average molecular weight is 373 g/mol. The van der Waals surface area contributed by atoms with Crippen molar-refractivity contribution in [3.05, 3.63) is 78.0 Å². The number of carbonyl (C=O) groups excluding carboxylic acids is 1. The van der Waals surface area contributed by atoms with E-state index in [1.165, 1.54) is 5.56 Å². The molecule has 27 heavy (non-hydrogen) atoms. The number of benzene rings is 2. The Morgan fingerprint density at radius 3 is 2.70 bits per heavy atom. The van der Waals surface area contributed by atoms with E-state index in [2.05, 4.69) is 21.4 Å². The number of pyridine rings is 1. The molecule has 5 heteroatoms. The molecular formula is C22H19N3OS. The number of anilines is 1. The monoisotopic (exact) mass is 373 g/mol. The maximum absolute atomic E-state index is 12.3. The van der Waals surface area contributed by atoms with E-state index in [0.29, 0.717) is 6.42 Å². The van der Waals surface area contributed by atoms with Crippen LogP contribution in [0.2, 0.25) is 0 Å². The summed E-state index contributed by atoms with van der Waals surface area (Å²) in [6.07, 6.45) is 2.99. The van der Waals surface area contributed by atoms with Gasteiger partial charge in [-0.25, -0.2) is 9.97 Å². The summed E-state index contributed by atoms with van der Waals surface area (Å²) >= 11 is 1.58. The van der Waals surface area contributed by atoms with Gasteiger partial charge in [0.15, 0.2) is 0 Å². The molecule has 4 aromatic rings. The minimum Gasteiger partial charge on any atom is -0.326 e. The molecule has 4 rings (SSSR count). The Bertz CT molecular complexity index is 1060. The van der Waals surface area contributed by atoms with Crippen LogP contribution in [0, 0.1) is 6.92 Å². The van der Waals surface area contributed by atoms with E-state index < -0.39 is 0 Å². The molecule has 2 aromatic heterocycles. The highest BCUT2D eigenvalue weighted by molar-refractivity contribution is 7.21. The number of amides is 1. The summed E-state index contributed by atoms with van der Waals surface area (Å²) in [6, 6.07) is 19.9. The van der Waals surface area contributed by atoms with Crippen molar-refractivity contribution >= 4 is 33.3 Å². The Morgan fingerprint density at radius 1 is 1.07 bits per heavy atom. The Hall–Kier alpha value is -3.05. The maximum atomic E-state index is 12.3. The normalized spacial score (nSPS) is 10.9. The van der Waals surface area contributed by atoms with Gasteiger partial charge in [0.2, 0.25) is 5.91 Å². The van der Waals surface area contributed by atoms with Crippen LogP contribution in [0.3, 0.4) is 0 Å². The fourth-order valence-corrected chi connectivity index (χ4v) is 3.85. The first-order chi connectivity index (χ1) is 13.2. The van der Waals surface area contributed by atoms with Crippen molar-refractivity contribution in [2.75, 3.05) is 5.32 Å². The fourth-order valence-electron chi connectivity index (χ4n) is 2.95. The molecule has 0 unspecified atom stereocenters. The molecule has 2 heterocycles. The topological polar surface area (TPSA) is 54.9 Å². The molecular weight excluding hydrogens is 354 g/mol. The summed E-state index contributed by atoms with van der Waals surface area (Å²) in [7, 11) is 0. The molecule has 4 nitrogen and oxygen atoms in total. The lowest BCUT2D eigenvalue weighted by atomic mass is 10.1. The summed E-state index contributed by atoms with van der Waals surface area (Å²) in [4.78, 5) is 22.2. The van der Waals surface area contributed by atoms with Crippen LogP contribution in [0.5, 0.6) is 0 Å². The van der Waals surface area contributed by atoms with Crippen LogP contribution in [0.25, 0.3) is 20.9 Å². The lowest BCUT2D eigenvalue weighted by molar-refractivity contribution is -0.116. The Balaban J connectivity index is 1.46. The molecule has 0 bridgehead atoms. The van der Waals surface area contributed by atoms with Gasteiger partial charge in [0.05, 0.1) is 0 Å². The Labute approximate surface area is 161 Å². The number of aryl methyl sites for hydroxylation is 2. The zero-order chi connectivity index (χ0) is 18.6. The second-order valence-electron chi connectivity index (χ2n) is 6.41. The van der Waals surface area contributed by atoms with E-state index >= 15 is 0 Å². The van der Waals surface area contributed by atoms with Crippen molar-refractivity contribution in [2.24, 2.45) is 0 Å². The highest BCUT2D eigenvalue weighted by Crippen LogP contribution is 2.31. The van der Waals surface area contributed by atoms with E-state index in [0.717, 1.165) is 38.6 Å². The number of nitrogens with one attached hydrogen (secondary N) is 1. The van der Waals surface area contributed by atoms with Gasteiger partial charge in [0, 0.05) is 23.9 Å². The van der Waals surface area contributed by atoms with Gasteiger partial charge in [0.25, 0.3) is 0 Å². The maximum Gasteiger partial charge on any atom is 0.224 e. The molecule has 0 saturated carbocycles. The fraction of sp³-hybridized carbons (Fsp3) is 0.136. The van der Waals surface area contributed by atoms with E-state index in [1.807, 2.05) is 61.5 Å². The molecule has 2 aromatic carbocycles. The number of fused-ring (bicyclic) bond motifs is 1. The average Bonchev–Trinajstić information content (AvgIpc) is 3.13. The van der Waals surface area contributed by atoms with Crippen LogP contribution in [0.15, 0.2) is 66.9 Å². The van der Waals surface area contributed by atoms with Gasteiger partial charge in [-0.15, -0.1) is 0 Å². The largest absolute Gasteiger partial charge is 0.326 e. The predicted molar refractivity (Wildman–Crippen MR) is 111 cm³/mol. The van der Waals surface area contributed by atoms with Gasteiger partial charge in [-0.1, -0.05) is 41.7 Å². The molecule has 0 aliphatic carbocycles. The first-order valence-electron chi connectivity index (χ1n) is 8.85. The van der Waals surface area contributed by atoms with Gasteiger partial charge in [-0.2, -0.15) is 0 Å². The van der Waals surface area contributed by atoms with Gasteiger partial charge >= 0.3 is 0 Å². The highest BCUT2D eigenvalue weighted by atomic mass is 32.1. The van der Waals surface area contributed by atoms with E-state index in [4.69, 9.17) is 0 Å². The number of thiazole rings is 1. The zero-order valence-electron chi connectivity index (χ0n) is 15.0. The van der Waals surface area contributed by atoms with Crippen LogP contribution in [0.1, 0.15) is 17.5 Å². The predicted octanol–water partition coefficient (Wildman–Crippen LogP) is 5.24. The molecule has 0 fully saturated rings.